The van der Waals surface area contributed by atoms with Gasteiger partial charge in [0.1, 0.15) is 0 Å². The molecule has 0 aliphatic heterocycles. The van der Waals surface area contributed by atoms with E-state index in [1.54, 1.807) is 6.20 Å². The number of rotatable bonds is 11. The number of nitrogens with zero attached hydrogens (tertiary/aromatic N) is 2. The highest BCUT2D eigenvalue weighted by atomic mass is 79.9. The van der Waals surface area contributed by atoms with Crippen LogP contribution in [0, 0.1) is 0 Å². The van der Waals surface area contributed by atoms with Crippen molar-refractivity contribution < 1.29 is 14.2 Å². The molecule has 0 saturated carbocycles. The van der Waals surface area contributed by atoms with Gasteiger partial charge in [0.2, 0.25) is 0 Å². The van der Waals surface area contributed by atoms with E-state index in [9.17, 15) is 0 Å². The third-order valence-corrected chi connectivity index (χ3v) is 3.57. The predicted octanol–water partition coefficient (Wildman–Crippen LogP) is 3.28. The molecule has 2 aromatic rings. The van der Waals surface area contributed by atoms with Crippen molar-refractivity contribution in [1.82, 2.24) is 9.78 Å². The summed E-state index contributed by atoms with van der Waals surface area (Å²) in [5.74, 6) is 0. The Morgan fingerprint density at radius 2 is 1.96 bits per heavy atom. The second-order valence-electron chi connectivity index (χ2n) is 5.22. The first-order valence-corrected chi connectivity index (χ1v) is 8.52. The van der Waals surface area contributed by atoms with Crippen molar-refractivity contribution in [2.75, 3.05) is 26.4 Å². The molecule has 0 bridgehead atoms. The lowest BCUT2D eigenvalue weighted by Gasteiger charge is -2.13. The van der Waals surface area contributed by atoms with Crippen molar-refractivity contribution in [3.63, 3.8) is 0 Å². The molecule has 2 rings (SSSR count). The fourth-order valence-electron chi connectivity index (χ4n) is 1.99. The fraction of sp³-hybridized carbons (Fsp3) is 0.471. The van der Waals surface area contributed by atoms with Crippen molar-refractivity contribution in [1.29, 1.82) is 0 Å². The van der Waals surface area contributed by atoms with E-state index in [-0.39, 0.29) is 6.10 Å². The van der Waals surface area contributed by atoms with Crippen LogP contribution in [0.2, 0.25) is 0 Å². The maximum absolute atomic E-state index is 5.66. The van der Waals surface area contributed by atoms with Gasteiger partial charge >= 0.3 is 0 Å². The Balaban J connectivity index is 1.44. The molecule has 1 atom stereocenters. The predicted molar refractivity (Wildman–Crippen MR) is 92.3 cm³/mol. The van der Waals surface area contributed by atoms with Crippen molar-refractivity contribution >= 4 is 15.9 Å². The van der Waals surface area contributed by atoms with E-state index in [1.807, 2.05) is 36.0 Å². The Hall–Kier alpha value is -1.21. The molecule has 0 amide bonds. The van der Waals surface area contributed by atoms with Crippen LogP contribution in [0.1, 0.15) is 12.5 Å². The van der Waals surface area contributed by atoms with E-state index < -0.39 is 0 Å². The first-order chi connectivity index (χ1) is 11.2. The molecule has 0 aliphatic carbocycles. The molecule has 0 aliphatic rings. The molecule has 0 radical (unpaired) electrons. The van der Waals surface area contributed by atoms with Gasteiger partial charge < -0.3 is 14.2 Å². The minimum Gasteiger partial charge on any atom is -0.377 e. The first kappa shape index (κ1) is 18.1. The van der Waals surface area contributed by atoms with E-state index >= 15 is 0 Å². The smallest absolute Gasteiger partial charge is 0.0781 e. The van der Waals surface area contributed by atoms with Crippen molar-refractivity contribution in [2.24, 2.45) is 0 Å². The number of aromatic nitrogens is 2. The van der Waals surface area contributed by atoms with Crippen LogP contribution < -0.4 is 0 Å². The van der Waals surface area contributed by atoms with Crippen LogP contribution in [0.25, 0.3) is 0 Å². The molecule has 1 aromatic heterocycles. The average molecular weight is 383 g/mol. The Kier molecular flexibility index (Phi) is 8.31. The largest absolute Gasteiger partial charge is 0.377 e. The van der Waals surface area contributed by atoms with Crippen LogP contribution in [0.4, 0.5) is 0 Å². The second kappa shape index (κ2) is 10.5. The van der Waals surface area contributed by atoms with E-state index in [0.29, 0.717) is 33.0 Å². The molecule has 1 aromatic carbocycles. The number of halogens is 1. The summed E-state index contributed by atoms with van der Waals surface area (Å²) in [5.41, 5.74) is 1.18. The normalized spacial score (nSPS) is 12.4. The third-order valence-electron chi connectivity index (χ3n) is 3.16. The number of benzene rings is 1. The second-order valence-corrected chi connectivity index (χ2v) is 6.13. The molecule has 6 heteroatoms. The average Bonchev–Trinajstić information content (AvgIpc) is 2.98. The molecular weight excluding hydrogens is 360 g/mol. The Morgan fingerprint density at radius 3 is 2.70 bits per heavy atom. The quantitative estimate of drug-likeness (QED) is 0.559. The van der Waals surface area contributed by atoms with Gasteiger partial charge in [0.25, 0.3) is 0 Å². The van der Waals surface area contributed by atoms with Gasteiger partial charge in [-0.3, -0.25) is 4.68 Å². The van der Waals surface area contributed by atoms with Gasteiger partial charge in [0.05, 0.1) is 56.4 Å². The summed E-state index contributed by atoms with van der Waals surface area (Å²) in [6.07, 6.45) is 3.74. The van der Waals surface area contributed by atoms with Crippen LogP contribution in [-0.2, 0) is 27.4 Å². The third kappa shape index (κ3) is 7.74. The highest BCUT2D eigenvalue weighted by Crippen LogP contribution is 2.06. The van der Waals surface area contributed by atoms with Crippen molar-refractivity contribution in [3.05, 3.63) is 52.8 Å². The molecule has 23 heavy (non-hydrogen) atoms. The van der Waals surface area contributed by atoms with E-state index in [0.717, 1.165) is 11.0 Å². The molecule has 0 fully saturated rings. The summed E-state index contributed by atoms with van der Waals surface area (Å²) in [5, 5.41) is 4.17. The molecule has 0 N–H and O–H groups in total. The number of ether oxygens (including phenoxy) is 3. The molecule has 0 saturated heterocycles. The molecule has 126 valence electrons. The summed E-state index contributed by atoms with van der Waals surface area (Å²) < 4.78 is 19.6. The zero-order valence-corrected chi connectivity index (χ0v) is 14.9. The summed E-state index contributed by atoms with van der Waals surface area (Å²) in [6, 6.07) is 10.1. The lowest BCUT2D eigenvalue weighted by Crippen LogP contribution is -2.20. The standard InChI is InChI=1S/C17H23BrN2O3/c1-15(13-21-8-7-20-12-17(18)11-19-20)23-10-9-22-14-16-5-3-2-4-6-16/h2-6,11-12,15H,7-10,13-14H2,1H3/t15-/m1/s1. The molecule has 0 spiro atoms. The Bertz CT molecular complexity index is 548. The highest BCUT2D eigenvalue weighted by Gasteiger charge is 2.03. The van der Waals surface area contributed by atoms with Crippen LogP contribution in [0.15, 0.2) is 47.2 Å². The summed E-state index contributed by atoms with van der Waals surface area (Å²) in [6.45, 7) is 5.70. The zero-order chi connectivity index (χ0) is 16.3. The van der Waals surface area contributed by atoms with Gasteiger partial charge in [-0.1, -0.05) is 30.3 Å². The van der Waals surface area contributed by atoms with Crippen LogP contribution in [0.5, 0.6) is 0 Å². The van der Waals surface area contributed by atoms with Crippen LogP contribution in [-0.4, -0.2) is 42.3 Å². The maximum atomic E-state index is 5.66. The van der Waals surface area contributed by atoms with E-state index in [2.05, 4.69) is 33.2 Å². The Morgan fingerprint density at radius 1 is 1.13 bits per heavy atom. The minimum atomic E-state index is 0.0553. The fourth-order valence-corrected chi connectivity index (χ4v) is 2.32. The van der Waals surface area contributed by atoms with Gasteiger partial charge in [-0.2, -0.15) is 5.10 Å². The highest BCUT2D eigenvalue weighted by molar-refractivity contribution is 9.10. The topological polar surface area (TPSA) is 45.5 Å². The van der Waals surface area contributed by atoms with Crippen molar-refractivity contribution in [3.8, 4) is 0 Å². The summed E-state index contributed by atoms with van der Waals surface area (Å²) in [7, 11) is 0. The first-order valence-electron chi connectivity index (χ1n) is 7.73. The lowest BCUT2D eigenvalue weighted by molar-refractivity contribution is -0.0334. The van der Waals surface area contributed by atoms with Gasteiger partial charge in [-0.05, 0) is 28.4 Å². The van der Waals surface area contributed by atoms with Gasteiger partial charge in [-0.15, -0.1) is 0 Å². The number of hydrogen-bond donors (Lipinski definition) is 0. The zero-order valence-electron chi connectivity index (χ0n) is 13.4. The maximum Gasteiger partial charge on any atom is 0.0781 e. The Labute approximate surface area is 145 Å². The molecule has 0 unspecified atom stereocenters. The lowest BCUT2D eigenvalue weighted by atomic mass is 10.2. The monoisotopic (exact) mass is 382 g/mol. The SMILES string of the molecule is C[C@H](COCCn1cc(Br)cn1)OCCOCc1ccccc1. The number of hydrogen-bond acceptors (Lipinski definition) is 4. The van der Waals surface area contributed by atoms with E-state index in [4.69, 9.17) is 14.2 Å². The van der Waals surface area contributed by atoms with Crippen LogP contribution >= 0.6 is 15.9 Å². The molecule has 5 nitrogen and oxygen atoms in total. The summed E-state index contributed by atoms with van der Waals surface area (Å²) in [4.78, 5) is 0. The van der Waals surface area contributed by atoms with Gasteiger partial charge in [0, 0.05) is 6.20 Å². The van der Waals surface area contributed by atoms with Crippen LogP contribution in [0.3, 0.4) is 0 Å². The van der Waals surface area contributed by atoms with E-state index in [1.165, 1.54) is 5.56 Å². The van der Waals surface area contributed by atoms with Crippen molar-refractivity contribution in [2.45, 2.75) is 26.2 Å². The summed E-state index contributed by atoms with van der Waals surface area (Å²) >= 11 is 3.36. The van der Waals surface area contributed by atoms with Gasteiger partial charge in [-0.25, -0.2) is 0 Å². The minimum absolute atomic E-state index is 0.0553. The molecule has 1 heterocycles. The molecular formula is C17H23BrN2O3. The van der Waals surface area contributed by atoms with Gasteiger partial charge in [0.15, 0.2) is 0 Å².